The van der Waals surface area contributed by atoms with E-state index in [4.69, 9.17) is 9.47 Å². The Hall–Kier alpha value is -4.33. The van der Waals surface area contributed by atoms with Crippen molar-refractivity contribution in [3.05, 3.63) is 102 Å². The molecule has 1 aliphatic rings. The summed E-state index contributed by atoms with van der Waals surface area (Å²) in [5.41, 5.74) is 2.28. The molecule has 0 spiro atoms. The van der Waals surface area contributed by atoms with Crippen LogP contribution in [-0.2, 0) is 11.3 Å². The maximum Gasteiger partial charge on any atom is 0.322 e. The zero-order chi connectivity index (χ0) is 25.5. The number of amides is 3. The first-order chi connectivity index (χ1) is 17.5. The van der Waals surface area contributed by atoms with Gasteiger partial charge in [-0.1, -0.05) is 36.4 Å². The second-order valence-corrected chi connectivity index (χ2v) is 8.33. The number of benzene rings is 3. The second-order valence-electron chi connectivity index (χ2n) is 8.33. The lowest BCUT2D eigenvalue weighted by molar-refractivity contribution is -0.134. The zero-order valence-corrected chi connectivity index (χ0v) is 20.2. The number of halogens is 1. The van der Waals surface area contributed by atoms with Crippen LogP contribution in [0.1, 0.15) is 17.2 Å². The molecule has 1 heterocycles. The van der Waals surface area contributed by atoms with Crippen molar-refractivity contribution in [3.63, 3.8) is 0 Å². The minimum atomic E-state index is -0.386. The molecule has 0 radical (unpaired) electrons. The molecule has 7 nitrogen and oxygen atoms in total. The lowest BCUT2D eigenvalue weighted by atomic mass is 10.0. The Labute approximate surface area is 209 Å². The first-order valence-electron chi connectivity index (χ1n) is 11.5. The van der Waals surface area contributed by atoms with Crippen LogP contribution in [0.2, 0.25) is 0 Å². The number of nitrogens with zero attached hydrogens (tertiary/aromatic N) is 2. The minimum Gasteiger partial charge on any atom is -0.497 e. The SMILES string of the molecule is COc1ccc(NC(=O)N2C/C=C\C(c3ccc(OC)cc3)N(Cc3ccc(F)cc3)C(=O)C2)cc1. The van der Waals surface area contributed by atoms with E-state index >= 15 is 0 Å². The Kier molecular flexibility index (Phi) is 7.85. The fourth-order valence-electron chi connectivity index (χ4n) is 3.99. The Morgan fingerprint density at radius 3 is 2.17 bits per heavy atom. The summed E-state index contributed by atoms with van der Waals surface area (Å²) in [6.07, 6.45) is 3.79. The third-order valence-electron chi connectivity index (χ3n) is 5.98. The topological polar surface area (TPSA) is 71.1 Å². The summed E-state index contributed by atoms with van der Waals surface area (Å²) in [7, 11) is 3.17. The Bertz CT molecular complexity index is 1210. The quantitative estimate of drug-likeness (QED) is 0.494. The van der Waals surface area contributed by atoms with Crippen LogP contribution >= 0.6 is 0 Å². The zero-order valence-electron chi connectivity index (χ0n) is 20.2. The standard InChI is InChI=1S/C28H28FN3O4/c1-35-24-13-7-21(8-14-24)26-4-3-17-31(28(34)30-23-11-15-25(36-2)16-12-23)19-27(33)32(26)18-20-5-9-22(29)10-6-20/h3-16,26H,17-19H2,1-2H3,(H,30,34)/b4-3-. The number of carbonyl (C=O) groups is 2. The van der Waals surface area contributed by atoms with E-state index in [2.05, 4.69) is 5.32 Å². The van der Waals surface area contributed by atoms with Gasteiger partial charge in [-0.2, -0.15) is 0 Å². The molecule has 186 valence electrons. The van der Waals surface area contributed by atoms with Crippen molar-refractivity contribution < 1.29 is 23.5 Å². The van der Waals surface area contributed by atoms with Crippen molar-refractivity contribution in [2.75, 3.05) is 32.6 Å². The van der Waals surface area contributed by atoms with Gasteiger partial charge in [-0.05, 0) is 59.7 Å². The van der Waals surface area contributed by atoms with Gasteiger partial charge in [0, 0.05) is 18.8 Å². The van der Waals surface area contributed by atoms with E-state index < -0.39 is 0 Å². The van der Waals surface area contributed by atoms with Gasteiger partial charge < -0.3 is 24.6 Å². The summed E-state index contributed by atoms with van der Waals surface area (Å²) in [5, 5.41) is 2.83. The van der Waals surface area contributed by atoms with E-state index in [1.807, 2.05) is 36.4 Å². The fourth-order valence-corrected chi connectivity index (χ4v) is 3.99. The fraction of sp³-hybridized carbons (Fsp3) is 0.214. The molecule has 4 rings (SSSR count). The number of anilines is 1. The molecule has 0 bridgehead atoms. The summed E-state index contributed by atoms with van der Waals surface area (Å²) in [5.74, 6) is 0.824. The summed E-state index contributed by atoms with van der Waals surface area (Å²) in [4.78, 5) is 29.7. The molecule has 3 amide bonds. The second kappa shape index (κ2) is 11.4. The first kappa shape index (κ1) is 24.8. The van der Waals surface area contributed by atoms with Gasteiger partial charge in [-0.25, -0.2) is 9.18 Å². The van der Waals surface area contributed by atoms with Crippen LogP contribution in [-0.4, -0.2) is 49.0 Å². The number of carbonyl (C=O) groups excluding carboxylic acids is 2. The molecule has 0 saturated heterocycles. The number of nitrogens with one attached hydrogen (secondary N) is 1. The minimum absolute atomic E-state index is 0.111. The van der Waals surface area contributed by atoms with E-state index in [0.29, 0.717) is 17.2 Å². The molecular weight excluding hydrogens is 461 g/mol. The molecule has 1 unspecified atom stereocenters. The van der Waals surface area contributed by atoms with Gasteiger partial charge in [0.15, 0.2) is 0 Å². The highest BCUT2D eigenvalue weighted by Crippen LogP contribution is 2.28. The van der Waals surface area contributed by atoms with E-state index in [0.717, 1.165) is 11.1 Å². The molecule has 3 aromatic carbocycles. The summed E-state index contributed by atoms with van der Waals surface area (Å²) >= 11 is 0. The van der Waals surface area contributed by atoms with Gasteiger partial charge in [0.05, 0.1) is 20.3 Å². The smallest absolute Gasteiger partial charge is 0.322 e. The number of methoxy groups -OCH3 is 2. The average Bonchev–Trinajstić information content (AvgIpc) is 2.90. The molecule has 0 fully saturated rings. The van der Waals surface area contributed by atoms with Crippen LogP contribution < -0.4 is 14.8 Å². The molecule has 36 heavy (non-hydrogen) atoms. The van der Waals surface area contributed by atoms with Crippen LogP contribution in [0.15, 0.2) is 84.9 Å². The van der Waals surface area contributed by atoms with Crippen LogP contribution in [0.5, 0.6) is 11.5 Å². The highest BCUT2D eigenvalue weighted by Gasteiger charge is 2.28. The van der Waals surface area contributed by atoms with Crippen LogP contribution in [0.25, 0.3) is 0 Å². The first-order valence-corrected chi connectivity index (χ1v) is 11.5. The van der Waals surface area contributed by atoms with Crippen molar-refractivity contribution in [1.29, 1.82) is 0 Å². The maximum absolute atomic E-state index is 13.6. The van der Waals surface area contributed by atoms with E-state index in [1.54, 1.807) is 55.5 Å². The van der Waals surface area contributed by atoms with Crippen molar-refractivity contribution >= 4 is 17.6 Å². The lowest BCUT2D eigenvalue weighted by Crippen LogP contribution is -2.46. The monoisotopic (exact) mass is 489 g/mol. The van der Waals surface area contributed by atoms with Gasteiger partial charge in [0.25, 0.3) is 0 Å². The normalized spacial score (nSPS) is 16.6. The average molecular weight is 490 g/mol. The van der Waals surface area contributed by atoms with Crippen molar-refractivity contribution in [2.24, 2.45) is 0 Å². The van der Waals surface area contributed by atoms with Gasteiger partial charge in [-0.3, -0.25) is 4.79 Å². The van der Waals surface area contributed by atoms with Crippen LogP contribution in [0, 0.1) is 5.82 Å². The van der Waals surface area contributed by atoms with Crippen molar-refractivity contribution in [1.82, 2.24) is 9.80 Å². The Balaban J connectivity index is 1.58. The highest BCUT2D eigenvalue weighted by molar-refractivity contribution is 5.92. The third kappa shape index (κ3) is 6.02. The summed E-state index contributed by atoms with van der Waals surface area (Å²) in [6, 6.07) is 19.8. The van der Waals surface area contributed by atoms with Gasteiger partial charge in [0.1, 0.15) is 23.9 Å². The molecule has 1 aliphatic heterocycles. The van der Waals surface area contributed by atoms with E-state index in [9.17, 15) is 14.0 Å². The number of ether oxygens (including phenoxy) is 2. The molecule has 1 N–H and O–H groups in total. The molecule has 8 heteroatoms. The van der Waals surface area contributed by atoms with Crippen molar-refractivity contribution in [2.45, 2.75) is 12.6 Å². The largest absolute Gasteiger partial charge is 0.497 e. The predicted molar refractivity (Wildman–Crippen MR) is 135 cm³/mol. The summed E-state index contributed by atoms with van der Waals surface area (Å²) < 4.78 is 23.9. The molecule has 3 aromatic rings. The van der Waals surface area contributed by atoms with E-state index in [-0.39, 0.29) is 43.4 Å². The number of rotatable bonds is 6. The van der Waals surface area contributed by atoms with E-state index in [1.165, 1.54) is 17.0 Å². The molecule has 0 aromatic heterocycles. The Morgan fingerprint density at radius 2 is 1.56 bits per heavy atom. The van der Waals surface area contributed by atoms with Gasteiger partial charge >= 0.3 is 6.03 Å². The van der Waals surface area contributed by atoms with Crippen LogP contribution in [0.4, 0.5) is 14.9 Å². The highest BCUT2D eigenvalue weighted by atomic mass is 19.1. The molecule has 1 atom stereocenters. The molecule has 0 aliphatic carbocycles. The molecular formula is C28H28FN3O4. The number of hydrogen-bond acceptors (Lipinski definition) is 4. The third-order valence-corrected chi connectivity index (χ3v) is 5.98. The van der Waals surface area contributed by atoms with Crippen LogP contribution in [0.3, 0.4) is 0 Å². The van der Waals surface area contributed by atoms with Gasteiger partial charge in [0.2, 0.25) is 5.91 Å². The summed E-state index contributed by atoms with van der Waals surface area (Å²) in [6.45, 7) is 0.416. The van der Waals surface area contributed by atoms with Crippen molar-refractivity contribution in [3.8, 4) is 11.5 Å². The maximum atomic E-state index is 13.6. The predicted octanol–water partition coefficient (Wildman–Crippen LogP) is 5.02. The van der Waals surface area contributed by atoms with Gasteiger partial charge in [-0.15, -0.1) is 0 Å². The Morgan fingerprint density at radius 1 is 0.944 bits per heavy atom. The number of hydrogen-bond donors (Lipinski definition) is 1. The lowest BCUT2D eigenvalue weighted by Gasteiger charge is -2.34. The number of urea groups is 1. The molecule has 0 saturated carbocycles.